The first kappa shape index (κ1) is 12.1. The normalized spacial score (nSPS) is 10.1. The van der Waals surface area contributed by atoms with E-state index in [9.17, 15) is 13.6 Å². The maximum atomic E-state index is 12.9. The molecule has 0 bridgehead atoms. The average molecular weight is 249 g/mol. The standard InChI is InChI=1S/C12H9F2N3O/c13-9-3-8(4-10(14)5-9)6-17-12(18)11-7-15-1-2-16-11/h1-5,7H,6H2,(H,17,18). The Morgan fingerprint density at radius 2 is 1.89 bits per heavy atom. The SMILES string of the molecule is O=C(NCc1cc(F)cc(F)c1)c1cnccn1. The van der Waals surface area contributed by atoms with Gasteiger partial charge in [0.05, 0.1) is 6.20 Å². The zero-order valence-corrected chi connectivity index (χ0v) is 9.23. The summed E-state index contributed by atoms with van der Waals surface area (Å²) in [6, 6.07) is 3.08. The van der Waals surface area contributed by atoms with Crippen LogP contribution in [0.2, 0.25) is 0 Å². The fraction of sp³-hybridized carbons (Fsp3) is 0.0833. The van der Waals surface area contributed by atoms with Gasteiger partial charge in [0.2, 0.25) is 0 Å². The van der Waals surface area contributed by atoms with Crippen molar-refractivity contribution in [1.82, 2.24) is 15.3 Å². The fourth-order valence-corrected chi connectivity index (χ4v) is 1.40. The van der Waals surface area contributed by atoms with Gasteiger partial charge in [-0.2, -0.15) is 0 Å². The number of rotatable bonds is 3. The van der Waals surface area contributed by atoms with Crippen LogP contribution < -0.4 is 5.32 Å². The molecule has 2 aromatic rings. The molecule has 0 fully saturated rings. The molecule has 1 N–H and O–H groups in total. The summed E-state index contributed by atoms with van der Waals surface area (Å²) in [6.07, 6.45) is 4.14. The zero-order valence-electron chi connectivity index (χ0n) is 9.23. The van der Waals surface area contributed by atoms with E-state index in [2.05, 4.69) is 15.3 Å². The fourth-order valence-electron chi connectivity index (χ4n) is 1.40. The quantitative estimate of drug-likeness (QED) is 0.900. The number of carbonyl (C=O) groups is 1. The Kier molecular flexibility index (Phi) is 3.57. The molecule has 1 amide bonds. The van der Waals surface area contributed by atoms with Crippen LogP contribution >= 0.6 is 0 Å². The summed E-state index contributed by atoms with van der Waals surface area (Å²) >= 11 is 0. The predicted molar refractivity (Wildman–Crippen MR) is 59.6 cm³/mol. The highest BCUT2D eigenvalue weighted by molar-refractivity contribution is 5.91. The van der Waals surface area contributed by atoms with Crippen molar-refractivity contribution in [3.63, 3.8) is 0 Å². The molecule has 0 aliphatic heterocycles. The lowest BCUT2D eigenvalue weighted by molar-refractivity contribution is 0.0945. The molecule has 1 heterocycles. The molecule has 0 saturated carbocycles. The average Bonchev–Trinajstić information content (AvgIpc) is 2.36. The lowest BCUT2D eigenvalue weighted by atomic mass is 10.2. The van der Waals surface area contributed by atoms with Crippen LogP contribution in [0.4, 0.5) is 8.78 Å². The molecule has 2 rings (SSSR count). The number of halogens is 2. The molecule has 0 aliphatic carbocycles. The highest BCUT2D eigenvalue weighted by atomic mass is 19.1. The van der Waals surface area contributed by atoms with E-state index in [0.29, 0.717) is 5.56 Å². The Hall–Kier alpha value is -2.37. The van der Waals surface area contributed by atoms with Crippen molar-refractivity contribution in [2.24, 2.45) is 0 Å². The van der Waals surface area contributed by atoms with Crippen molar-refractivity contribution in [3.8, 4) is 0 Å². The van der Waals surface area contributed by atoms with E-state index in [1.165, 1.54) is 18.6 Å². The minimum absolute atomic E-state index is 0.0179. The number of nitrogens with zero attached hydrogens (tertiary/aromatic N) is 2. The molecule has 4 nitrogen and oxygen atoms in total. The molecule has 0 radical (unpaired) electrons. The summed E-state index contributed by atoms with van der Waals surface area (Å²) in [5.74, 6) is -1.81. The van der Waals surface area contributed by atoms with E-state index in [1.807, 2.05) is 0 Å². The van der Waals surface area contributed by atoms with Crippen molar-refractivity contribution in [1.29, 1.82) is 0 Å². The molecule has 0 unspecified atom stereocenters. The van der Waals surface area contributed by atoms with Crippen molar-refractivity contribution in [2.45, 2.75) is 6.54 Å². The van der Waals surface area contributed by atoms with E-state index in [0.717, 1.165) is 18.2 Å². The Morgan fingerprint density at radius 3 is 2.50 bits per heavy atom. The minimum atomic E-state index is -0.682. The van der Waals surface area contributed by atoms with Crippen LogP contribution in [-0.4, -0.2) is 15.9 Å². The number of hydrogen-bond donors (Lipinski definition) is 1. The molecule has 0 aliphatic rings. The van der Waals surface area contributed by atoms with Crippen molar-refractivity contribution >= 4 is 5.91 Å². The van der Waals surface area contributed by atoms with Crippen LogP contribution in [0.3, 0.4) is 0 Å². The van der Waals surface area contributed by atoms with E-state index < -0.39 is 17.5 Å². The predicted octanol–water partition coefficient (Wildman–Crippen LogP) is 1.68. The number of aromatic nitrogens is 2. The molecule has 92 valence electrons. The topological polar surface area (TPSA) is 54.9 Å². The van der Waals surface area contributed by atoms with Gasteiger partial charge in [-0.3, -0.25) is 9.78 Å². The second-order valence-corrected chi connectivity index (χ2v) is 3.55. The summed E-state index contributed by atoms with van der Waals surface area (Å²) in [5, 5.41) is 2.49. The van der Waals surface area contributed by atoms with E-state index in [4.69, 9.17) is 0 Å². The highest BCUT2D eigenvalue weighted by Crippen LogP contribution is 2.07. The number of nitrogens with one attached hydrogen (secondary N) is 1. The minimum Gasteiger partial charge on any atom is -0.347 e. The van der Waals surface area contributed by atoms with Gasteiger partial charge in [0, 0.05) is 25.0 Å². The van der Waals surface area contributed by atoms with Gasteiger partial charge < -0.3 is 5.32 Å². The monoisotopic (exact) mass is 249 g/mol. The van der Waals surface area contributed by atoms with Crippen molar-refractivity contribution < 1.29 is 13.6 Å². The first-order valence-electron chi connectivity index (χ1n) is 5.14. The number of amides is 1. The maximum absolute atomic E-state index is 12.9. The van der Waals surface area contributed by atoms with Gasteiger partial charge in [-0.05, 0) is 17.7 Å². The number of benzene rings is 1. The van der Waals surface area contributed by atoms with Gasteiger partial charge in [0.25, 0.3) is 5.91 Å². The summed E-state index contributed by atoms with van der Waals surface area (Å²) in [5.41, 5.74) is 0.485. The maximum Gasteiger partial charge on any atom is 0.271 e. The third-order valence-corrected chi connectivity index (χ3v) is 2.17. The molecular formula is C12H9F2N3O. The van der Waals surface area contributed by atoms with Crippen LogP contribution in [0.15, 0.2) is 36.8 Å². The second kappa shape index (κ2) is 5.31. The van der Waals surface area contributed by atoms with Gasteiger partial charge in [-0.25, -0.2) is 13.8 Å². The van der Waals surface area contributed by atoms with Crippen molar-refractivity contribution in [3.05, 3.63) is 59.7 Å². The molecule has 6 heteroatoms. The zero-order chi connectivity index (χ0) is 13.0. The molecule has 0 atom stereocenters. The Labute approximate surface area is 102 Å². The van der Waals surface area contributed by atoms with Crippen LogP contribution in [0.1, 0.15) is 16.1 Å². The summed E-state index contributed by atoms with van der Waals surface area (Å²) in [4.78, 5) is 19.1. The summed E-state index contributed by atoms with van der Waals surface area (Å²) < 4.78 is 25.8. The molecule has 18 heavy (non-hydrogen) atoms. The molecule has 0 saturated heterocycles. The molecular weight excluding hydrogens is 240 g/mol. The van der Waals surface area contributed by atoms with Crippen LogP contribution in [0.25, 0.3) is 0 Å². The number of hydrogen-bond acceptors (Lipinski definition) is 3. The van der Waals surface area contributed by atoms with E-state index in [-0.39, 0.29) is 12.2 Å². The Balaban J connectivity index is 2.02. The lowest BCUT2D eigenvalue weighted by Crippen LogP contribution is -2.24. The van der Waals surface area contributed by atoms with Crippen LogP contribution in [0, 0.1) is 11.6 Å². The van der Waals surface area contributed by atoms with E-state index >= 15 is 0 Å². The first-order valence-corrected chi connectivity index (χ1v) is 5.14. The molecule has 1 aromatic heterocycles. The summed E-state index contributed by atoms with van der Waals surface area (Å²) in [7, 11) is 0. The number of carbonyl (C=O) groups excluding carboxylic acids is 1. The van der Waals surface area contributed by atoms with Crippen LogP contribution in [-0.2, 0) is 6.54 Å². The smallest absolute Gasteiger partial charge is 0.271 e. The highest BCUT2D eigenvalue weighted by Gasteiger charge is 2.07. The van der Waals surface area contributed by atoms with Gasteiger partial charge in [0.1, 0.15) is 17.3 Å². The molecule has 0 spiro atoms. The summed E-state index contributed by atoms with van der Waals surface area (Å²) in [6.45, 7) is 0.0179. The van der Waals surface area contributed by atoms with Gasteiger partial charge in [0.15, 0.2) is 0 Å². The van der Waals surface area contributed by atoms with Gasteiger partial charge in [-0.15, -0.1) is 0 Å². The first-order chi connectivity index (χ1) is 8.65. The van der Waals surface area contributed by atoms with E-state index in [1.54, 1.807) is 0 Å². The molecule has 1 aromatic carbocycles. The third kappa shape index (κ3) is 3.07. The Bertz CT molecular complexity index is 540. The lowest BCUT2D eigenvalue weighted by Gasteiger charge is -2.04. The van der Waals surface area contributed by atoms with Gasteiger partial charge in [-0.1, -0.05) is 0 Å². The van der Waals surface area contributed by atoms with Gasteiger partial charge >= 0.3 is 0 Å². The Morgan fingerprint density at radius 1 is 1.17 bits per heavy atom. The second-order valence-electron chi connectivity index (χ2n) is 3.55. The van der Waals surface area contributed by atoms with Crippen molar-refractivity contribution in [2.75, 3.05) is 0 Å². The third-order valence-electron chi connectivity index (χ3n) is 2.17. The van der Waals surface area contributed by atoms with Crippen LogP contribution in [0.5, 0.6) is 0 Å². The largest absolute Gasteiger partial charge is 0.347 e.